The van der Waals surface area contributed by atoms with Crippen LogP contribution in [0, 0.1) is 6.92 Å². The lowest BCUT2D eigenvalue weighted by molar-refractivity contribution is -0.136. The molecule has 4 nitrogen and oxygen atoms in total. The summed E-state index contributed by atoms with van der Waals surface area (Å²) in [5, 5.41) is 21.2. The van der Waals surface area contributed by atoms with E-state index >= 15 is 0 Å². The van der Waals surface area contributed by atoms with Crippen LogP contribution in [0.3, 0.4) is 0 Å². The molecular weight excluding hydrogens is 312 g/mol. The van der Waals surface area contributed by atoms with Crippen molar-refractivity contribution in [3.63, 3.8) is 0 Å². The van der Waals surface area contributed by atoms with E-state index in [0.29, 0.717) is 6.61 Å². The van der Waals surface area contributed by atoms with Gasteiger partial charge in [-0.25, -0.2) is 0 Å². The normalized spacial score (nSPS) is 10.8. The summed E-state index contributed by atoms with van der Waals surface area (Å²) in [6.45, 7) is 2.35. The molecule has 0 atom stereocenters. The Balaban J connectivity index is 1.77. The Kier molecular flexibility index (Phi) is 4.21. The lowest BCUT2D eigenvalue weighted by atomic mass is 10.1. The fourth-order valence-electron chi connectivity index (χ4n) is 2.46. The van der Waals surface area contributed by atoms with E-state index in [1.54, 1.807) is 12.1 Å². The number of aliphatic carboxylic acids is 1. The Bertz CT molecular complexity index is 867. The van der Waals surface area contributed by atoms with Crippen LogP contribution in [-0.2, 0) is 17.8 Å². The molecule has 3 rings (SSSR count). The second-order valence-corrected chi connectivity index (χ2v) is 6.30. The zero-order valence-electron chi connectivity index (χ0n) is 12.6. The van der Waals surface area contributed by atoms with Gasteiger partial charge in [0.2, 0.25) is 0 Å². The second-order valence-electron chi connectivity index (χ2n) is 5.39. The minimum atomic E-state index is -0.826. The number of carboxylic acids is 1. The van der Waals surface area contributed by atoms with Gasteiger partial charge in [-0.15, -0.1) is 11.3 Å². The summed E-state index contributed by atoms with van der Waals surface area (Å²) in [4.78, 5) is 10.9. The lowest BCUT2D eigenvalue weighted by Gasteiger charge is -2.09. The van der Waals surface area contributed by atoms with Gasteiger partial charge in [0.05, 0.1) is 6.42 Å². The van der Waals surface area contributed by atoms with Gasteiger partial charge in [-0.05, 0) is 64.7 Å². The van der Waals surface area contributed by atoms with E-state index in [4.69, 9.17) is 9.84 Å². The van der Waals surface area contributed by atoms with Crippen molar-refractivity contribution in [2.75, 3.05) is 0 Å². The highest BCUT2D eigenvalue weighted by molar-refractivity contribution is 7.17. The Morgan fingerprint density at radius 2 is 2.00 bits per heavy atom. The monoisotopic (exact) mass is 328 g/mol. The molecule has 2 N–H and O–H groups in total. The number of carboxylic acid groups (broad SMARTS) is 1. The van der Waals surface area contributed by atoms with Crippen molar-refractivity contribution < 1.29 is 19.7 Å². The van der Waals surface area contributed by atoms with Crippen LogP contribution in [0.2, 0.25) is 0 Å². The molecule has 0 radical (unpaired) electrons. The van der Waals surface area contributed by atoms with Gasteiger partial charge in [0.15, 0.2) is 0 Å². The molecule has 1 aromatic heterocycles. The number of rotatable bonds is 5. The van der Waals surface area contributed by atoms with E-state index < -0.39 is 5.97 Å². The van der Waals surface area contributed by atoms with Crippen LogP contribution in [0.4, 0.5) is 0 Å². The van der Waals surface area contributed by atoms with Crippen molar-refractivity contribution in [3.8, 4) is 11.5 Å². The highest BCUT2D eigenvalue weighted by Crippen LogP contribution is 2.30. The molecule has 0 amide bonds. The lowest BCUT2D eigenvalue weighted by Crippen LogP contribution is -1.99. The van der Waals surface area contributed by atoms with Crippen LogP contribution in [0.5, 0.6) is 11.5 Å². The summed E-state index contributed by atoms with van der Waals surface area (Å²) in [5.41, 5.74) is 2.82. The van der Waals surface area contributed by atoms with E-state index in [9.17, 15) is 9.90 Å². The number of thiophene rings is 1. The van der Waals surface area contributed by atoms with Crippen molar-refractivity contribution in [2.45, 2.75) is 20.0 Å². The highest BCUT2D eigenvalue weighted by atomic mass is 32.1. The largest absolute Gasteiger partial charge is 0.508 e. The van der Waals surface area contributed by atoms with Gasteiger partial charge in [-0.1, -0.05) is 6.07 Å². The van der Waals surface area contributed by atoms with Gasteiger partial charge in [0, 0.05) is 4.70 Å². The Morgan fingerprint density at radius 1 is 1.17 bits per heavy atom. The minimum absolute atomic E-state index is 0.0346. The summed E-state index contributed by atoms with van der Waals surface area (Å²) in [6, 6.07) is 10.9. The van der Waals surface area contributed by atoms with Crippen molar-refractivity contribution in [1.29, 1.82) is 0 Å². The summed E-state index contributed by atoms with van der Waals surface area (Å²) >= 11 is 1.52. The number of fused-ring (bicyclic) bond motifs is 1. The van der Waals surface area contributed by atoms with Crippen molar-refractivity contribution >= 4 is 27.4 Å². The van der Waals surface area contributed by atoms with Crippen LogP contribution in [0.15, 0.2) is 41.8 Å². The molecule has 0 aliphatic rings. The first-order valence-electron chi connectivity index (χ1n) is 7.16. The molecule has 0 saturated heterocycles. The van der Waals surface area contributed by atoms with E-state index in [2.05, 4.69) is 0 Å². The van der Waals surface area contributed by atoms with Gasteiger partial charge in [0.1, 0.15) is 18.1 Å². The third kappa shape index (κ3) is 3.46. The Morgan fingerprint density at radius 3 is 2.74 bits per heavy atom. The minimum Gasteiger partial charge on any atom is -0.508 e. The average molecular weight is 328 g/mol. The molecule has 0 fully saturated rings. The molecule has 3 aromatic rings. The number of phenols is 1. The van der Waals surface area contributed by atoms with Gasteiger partial charge in [-0.3, -0.25) is 4.79 Å². The zero-order valence-corrected chi connectivity index (χ0v) is 13.4. The van der Waals surface area contributed by atoms with Crippen molar-refractivity contribution in [1.82, 2.24) is 0 Å². The van der Waals surface area contributed by atoms with E-state index in [1.807, 2.05) is 36.6 Å². The third-order valence-electron chi connectivity index (χ3n) is 3.69. The van der Waals surface area contributed by atoms with Crippen molar-refractivity contribution in [3.05, 3.63) is 58.5 Å². The summed E-state index contributed by atoms with van der Waals surface area (Å²) in [6.07, 6.45) is 0.0346. The van der Waals surface area contributed by atoms with Crippen LogP contribution in [-0.4, -0.2) is 16.2 Å². The number of ether oxygens (including phenoxy) is 1. The molecular formula is C18H16O4S. The van der Waals surface area contributed by atoms with E-state index in [-0.39, 0.29) is 12.2 Å². The molecule has 23 heavy (non-hydrogen) atoms. The SMILES string of the molecule is Cc1cc(O)ccc1COc1ccc2c(CC(=O)O)csc2c1. The molecule has 0 bridgehead atoms. The third-order valence-corrected chi connectivity index (χ3v) is 4.68. The zero-order chi connectivity index (χ0) is 16.4. The molecule has 0 aliphatic carbocycles. The predicted octanol–water partition coefficient (Wildman–Crippen LogP) is 4.12. The fraction of sp³-hybridized carbons (Fsp3) is 0.167. The standard InChI is InChI=1S/C18H16O4S/c1-11-6-14(19)3-2-12(11)9-22-15-4-5-16-13(7-18(20)21)10-23-17(16)8-15/h2-6,8,10,19H,7,9H2,1H3,(H,20,21). The number of aryl methyl sites for hydroxylation is 1. The smallest absolute Gasteiger partial charge is 0.307 e. The molecule has 0 spiro atoms. The van der Waals surface area contributed by atoms with Gasteiger partial charge >= 0.3 is 5.97 Å². The van der Waals surface area contributed by atoms with Crippen molar-refractivity contribution in [2.24, 2.45) is 0 Å². The first-order chi connectivity index (χ1) is 11.0. The van der Waals surface area contributed by atoms with Crippen LogP contribution in [0.25, 0.3) is 10.1 Å². The second kappa shape index (κ2) is 6.30. The van der Waals surface area contributed by atoms with Gasteiger partial charge in [-0.2, -0.15) is 0 Å². The maximum atomic E-state index is 10.9. The molecule has 118 valence electrons. The highest BCUT2D eigenvalue weighted by Gasteiger charge is 2.09. The quantitative estimate of drug-likeness (QED) is 0.739. The van der Waals surface area contributed by atoms with E-state index in [1.165, 1.54) is 11.3 Å². The summed E-state index contributed by atoms with van der Waals surface area (Å²) in [5.74, 6) is 0.166. The Hall–Kier alpha value is -2.53. The number of aromatic hydroxyl groups is 1. The molecule has 5 heteroatoms. The van der Waals surface area contributed by atoms with Crippen LogP contribution < -0.4 is 4.74 Å². The number of phenolic OH excluding ortho intramolecular Hbond substituents is 1. The van der Waals surface area contributed by atoms with Crippen LogP contribution in [0.1, 0.15) is 16.7 Å². The molecule has 2 aromatic carbocycles. The fourth-order valence-corrected chi connectivity index (χ4v) is 3.45. The number of benzene rings is 2. The number of hydrogen-bond acceptors (Lipinski definition) is 4. The molecule has 1 heterocycles. The Labute approximate surface area is 137 Å². The maximum Gasteiger partial charge on any atom is 0.307 e. The number of carbonyl (C=O) groups is 1. The predicted molar refractivity (Wildman–Crippen MR) is 90.3 cm³/mol. The average Bonchev–Trinajstić information content (AvgIpc) is 2.88. The van der Waals surface area contributed by atoms with Gasteiger partial charge < -0.3 is 14.9 Å². The summed E-state index contributed by atoms with van der Waals surface area (Å²) in [7, 11) is 0. The van der Waals surface area contributed by atoms with Gasteiger partial charge in [0.25, 0.3) is 0 Å². The maximum absolute atomic E-state index is 10.9. The summed E-state index contributed by atoms with van der Waals surface area (Å²) < 4.78 is 6.83. The molecule has 0 unspecified atom stereocenters. The first kappa shape index (κ1) is 15.4. The topological polar surface area (TPSA) is 66.8 Å². The molecule has 0 saturated carbocycles. The van der Waals surface area contributed by atoms with E-state index in [0.717, 1.165) is 32.5 Å². The molecule has 0 aliphatic heterocycles. The number of hydrogen-bond donors (Lipinski definition) is 2. The van der Waals surface area contributed by atoms with Crippen LogP contribution >= 0.6 is 11.3 Å². The first-order valence-corrected chi connectivity index (χ1v) is 8.04.